The van der Waals surface area contributed by atoms with Gasteiger partial charge in [-0.2, -0.15) is 10.4 Å². The highest BCUT2D eigenvalue weighted by Gasteiger charge is 2.22. The number of fused-ring (bicyclic) bond motifs is 1. The van der Waals surface area contributed by atoms with E-state index in [2.05, 4.69) is 25.4 Å². The molecule has 0 amide bonds. The molecule has 29 heavy (non-hydrogen) atoms. The fraction of sp³-hybridized carbons (Fsp3) is 0.211. The first-order chi connectivity index (χ1) is 13.9. The number of nitriles is 1. The molecule has 4 rings (SSSR count). The molecule has 0 aliphatic rings. The quantitative estimate of drug-likeness (QED) is 0.548. The van der Waals surface area contributed by atoms with Crippen LogP contribution in [0.4, 0.5) is 16.0 Å². The number of benzene rings is 1. The Hall–Kier alpha value is -4.00. The van der Waals surface area contributed by atoms with Gasteiger partial charge < -0.3 is 15.6 Å². The Morgan fingerprint density at radius 3 is 2.76 bits per heavy atom. The summed E-state index contributed by atoms with van der Waals surface area (Å²) >= 11 is 0. The highest BCUT2D eigenvalue weighted by molar-refractivity contribution is 5.92. The summed E-state index contributed by atoms with van der Waals surface area (Å²) in [4.78, 5) is 12.6. The molecule has 3 N–H and O–H groups in total. The summed E-state index contributed by atoms with van der Waals surface area (Å²) in [5, 5.41) is 16.6. The van der Waals surface area contributed by atoms with Crippen molar-refractivity contribution in [2.24, 2.45) is 14.1 Å². The van der Waals surface area contributed by atoms with Crippen LogP contribution >= 0.6 is 0 Å². The standard InChI is InChI=1S/C19H18FN9/c1-10(26-18-12(6-21)17(22)23-9-24-18)19-27-14-5-4-13(20)15(16(14)29(19)3)11-7-25-28(2)8-11/h4-5,7-10H,1-3H3,(H3,22,23,24,26). The second-order valence-electron chi connectivity index (χ2n) is 6.68. The van der Waals surface area contributed by atoms with Gasteiger partial charge in [0.2, 0.25) is 0 Å². The number of anilines is 2. The average molecular weight is 391 g/mol. The molecule has 9 nitrogen and oxygen atoms in total. The highest BCUT2D eigenvalue weighted by atomic mass is 19.1. The Kier molecular flexibility index (Phi) is 4.35. The van der Waals surface area contributed by atoms with E-state index in [1.165, 1.54) is 12.4 Å². The third-order valence-corrected chi connectivity index (χ3v) is 4.74. The summed E-state index contributed by atoms with van der Waals surface area (Å²) in [6, 6.07) is 4.71. The van der Waals surface area contributed by atoms with Gasteiger partial charge in [-0.05, 0) is 19.1 Å². The number of nitrogens with two attached hydrogens (primary N) is 1. The topological polar surface area (TPSA) is 123 Å². The summed E-state index contributed by atoms with van der Waals surface area (Å²) in [6.45, 7) is 1.88. The zero-order valence-corrected chi connectivity index (χ0v) is 16.0. The van der Waals surface area contributed by atoms with E-state index in [-0.39, 0.29) is 23.2 Å². The first-order valence-electron chi connectivity index (χ1n) is 8.81. The van der Waals surface area contributed by atoms with Crippen molar-refractivity contribution in [2.45, 2.75) is 13.0 Å². The molecule has 3 aromatic heterocycles. The minimum Gasteiger partial charge on any atom is -0.382 e. The highest BCUT2D eigenvalue weighted by Crippen LogP contribution is 2.33. The maximum Gasteiger partial charge on any atom is 0.150 e. The molecule has 0 bridgehead atoms. The summed E-state index contributed by atoms with van der Waals surface area (Å²) in [6.07, 6.45) is 4.67. The largest absolute Gasteiger partial charge is 0.382 e. The van der Waals surface area contributed by atoms with Crippen molar-refractivity contribution in [1.29, 1.82) is 5.26 Å². The summed E-state index contributed by atoms with van der Waals surface area (Å²) < 4.78 is 18.2. The van der Waals surface area contributed by atoms with Gasteiger partial charge in [0.05, 0.1) is 23.3 Å². The predicted octanol–water partition coefficient (Wildman–Crippen LogP) is 2.53. The van der Waals surface area contributed by atoms with Crippen molar-refractivity contribution in [3.8, 4) is 17.2 Å². The molecule has 0 fully saturated rings. The predicted molar refractivity (Wildman–Crippen MR) is 106 cm³/mol. The van der Waals surface area contributed by atoms with Crippen LogP contribution in [0.25, 0.3) is 22.2 Å². The zero-order chi connectivity index (χ0) is 20.7. The molecule has 0 saturated carbocycles. The molecule has 1 atom stereocenters. The fourth-order valence-electron chi connectivity index (χ4n) is 3.40. The maximum atomic E-state index is 14.7. The molecule has 0 saturated heterocycles. The van der Waals surface area contributed by atoms with Crippen LogP contribution in [0.1, 0.15) is 24.4 Å². The van der Waals surface area contributed by atoms with Crippen LogP contribution in [0.3, 0.4) is 0 Å². The van der Waals surface area contributed by atoms with E-state index in [1.807, 2.05) is 24.6 Å². The van der Waals surface area contributed by atoms with Gasteiger partial charge in [-0.3, -0.25) is 4.68 Å². The van der Waals surface area contributed by atoms with Crippen LogP contribution in [0.15, 0.2) is 30.9 Å². The number of nitrogens with zero attached hydrogens (tertiary/aromatic N) is 7. The molecule has 4 aromatic rings. The van der Waals surface area contributed by atoms with E-state index in [1.54, 1.807) is 30.2 Å². The third-order valence-electron chi connectivity index (χ3n) is 4.74. The van der Waals surface area contributed by atoms with Crippen LogP contribution in [0.2, 0.25) is 0 Å². The number of rotatable bonds is 4. The smallest absolute Gasteiger partial charge is 0.150 e. The van der Waals surface area contributed by atoms with E-state index in [0.29, 0.717) is 33.8 Å². The molecule has 10 heteroatoms. The minimum absolute atomic E-state index is 0.100. The van der Waals surface area contributed by atoms with Crippen molar-refractivity contribution < 1.29 is 4.39 Å². The molecule has 0 spiro atoms. The van der Waals surface area contributed by atoms with Crippen LogP contribution in [-0.2, 0) is 14.1 Å². The molecular weight excluding hydrogens is 373 g/mol. The number of hydrogen-bond acceptors (Lipinski definition) is 7. The van der Waals surface area contributed by atoms with E-state index < -0.39 is 0 Å². The van der Waals surface area contributed by atoms with Gasteiger partial charge in [0.1, 0.15) is 41.2 Å². The van der Waals surface area contributed by atoms with Crippen molar-refractivity contribution in [1.82, 2.24) is 29.3 Å². The van der Waals surface area contributed by atoms with Crippen LogP contribution in [0.5, 0.6) is 0 Å². The van der Waals surface area contributed by atoms with Crippen molar-refractivity contribution in [3.05, 3.63) is 48.1 Å². The fourth-order valence-corrected chi connectivity index (χ4v) is 3.40. The molecule has 0 aliphatic carbocycles. The maximum absolute atomic E-state index is 14.7. The number of hydrogen-bond donors (Lipinski definition) is 2. The van der Waals surface area contributed by atoms with Gasteiger partial charge in [0.25, 0.3) is 0 Å². The molecule has 1 unspecified atom stereocenters. The lowest BCUT2D eigenvalue weighted by Crippen LogP contribution is -2.15. The summed E-state index contributed by atoms with van der Waals surface area (Å²) in [5.74, 6) is 0.717. The summed E-state index contributed by atoms with van der Waals surface area (Å²) in [5.41, 5.74) is 8.34. The lowest BCUT2D eigenvalue weighted by atomic mass is 10.1. The first kappa shape index (κ1) is 18.4. The molecule has 1 aromatic carbocycles. The molecule has 3 heterocycles. The van der Waals surface area contributed by atoms with E-state index in [4.69, 9.17) is 5.73 Å². The van der Waals surface area contributed by atoms with Gasteiger partial charge in [0.15, 0.2) is 0 Å². The Bertz CT molecular complexity index is 1260. The van der Waals surface area contributed by atoms with Crippen LogP contribution < -0.4 is 11.1 Å². The average Bonchev–Trinajstić information content (AvgIpc) is 3.26. The normalized spacial score (nSPS) is 12.1. The number of imidazole rings is 1. The SMILES string of the molecule is CC(Nc1ncnc(N)c1C#N)c1nc2ccc(F)c(-c3cnn(C)c3)c2n1C. The Labute approximate surface area is 165 Å². The monoisotopic (exact) mass is 391 g/mol. The molecular formula is C19H18FN9. The molecule has 146 valence electrons. The van der Waals surface area contributed by atoms with Crippen LogP contribution in [-0.4, -0.2) is 29.3 Å². The van der Waals surface area contributed by atoms with Crippen molar-refractivity contribution >= 4 is 22.7 Å². The summed E-state index contributed by atoms with van der Waals surface area (Å²) in [7, 11) is 3.60. The Morgan fingerprint density at radius 2 is 2.07 bits per heavy atom. The van der Waals surface area contributed by atoms with E-state index in [0.717, 1.165) is 0 Å². The minimum atomic E-state index is -0.351. The van der Waals surface area contributed by atoms with E-state index in [9.17, 15) is 9.65 Å². The van der Waals surface area contributed by atoms with Gasteiger partial charge >= 0.3 is 0 Å². The van der Waals surface area contributed by atoms with Gasteiger partial charge in [0, 0.05) is 31.4 Å². The Morgan fingerprint density at radius 1 is 1.28 bits per heavy atom. The van der Waals surface area contributed by atoms with Crippen molar-refractivity contribution in [2.75, 3.05) is 11.1 Å². The lowest BCUT2D eigenvalue weighted by molar-refractivity contribution is 0.632. The zero-order valence-electron chi connectivity index (χ0n) is 16.0. The number of nitrogen functional groups attached to an aromatic ring is 1. The van der Waals surface area contributed by atoms with Crippen molar-refractivity contribution in [3.63, 3.8) is 0 Å². The van der Waals surface area contributed by atoms with Crippen LogP contribution in [0, 0.1) is 17.1 Å². The third kappa shape index (κ3) is 3.02. The molecule has 0 aliphatic heterocycles. The number of aromatic nitrogens is 6. The van der Waals surface area contributed by atoms with Gasteiger partial charge in [-0.1, -0.05) is 0 Å². The first-order valence-corrected chi connectivity index (χ1v) is 8.81. The second kappa shape index (κ2) is 6.87. The van der Waals surface area contributed by atoms with Gasteiger partial charge in [-0.25, -0.2) is 19.3 Å². The van der Waals surface area contributed by atoms with E-state index >= 15 is 0 Å². The number of halogens is 1. The Balaban J connectivity index is 1.81. The van der Waals surface area contributed by atoms with Gasteiger partial charge in [-0.15, -0.1) is 0 Å². The number of nitrogens with one attached hydrogen (secondary N) is 1. The number of aryl methyl sites for hydroxylation is 2. The second-order valence-corrected chi connectivity index (χ2v) is 6.68. The molecule has 0 radical (unpaired) electrons. The lowest BCUT2D eigenvalue weighted by Gasteiger charge is -2.16.